The molecular formula is C66H118O6. The predicted molar refractivity (Wildman–Crippen MR) is 312 cm³/mol. The largest absolute Gasteiger partial charge is 0.462 e. The zero-order valence-electron chi connectivity index (χ0n) is 47.9. The number of hydrogen-bond donors (Lipinski definition) is 0. The third-order valence-electron chi connectivity index (χ3n) is 13.7. The van der Waals surface area contributed by atoms with Gasteiger partial charge in [0.15, 0.2) is 6.10 Å². The van der Waals surface area contributed by atoms with E-state index < -0.39 is 6.10 Å². The molecule has 0 aromatic carbocycles. The van der Waals surface area contributed by atoms with E-state index in [2.05, 4.69) is 81.5 Å². The molecule has 0 amide bonds. The summed E-state index contributed by atoms with van der Waals surface area (Å²) < 4.78 is 16.9. The molecule has 0 bridgehead atoms. The van der Waals surface area contributed by atoms with E-state index in [1.165, 1.54) is 180 Å². The van der Waals surface area contributed by atoms with Crippen molar-refractivity contribution in [1.82, 2.24) is 0 Å². The van der Waals surface area contributed by atoms with Gasteiger partial charge in [-0.3, -0.25) is 14.4 Å². The molecule has 72 heavy (non-hydrogen) atoms. The first kappa shape index (κ1) is 69.1. The van der Waals surface area contributed by atoms with E-state index in [0.717, 1.165) is 103 Å². The van der Waals surface area contributed by atoms with Crippen molar-refractivity contribution in [2.24, 2.45) is 0 Å². The standard InChI is InChI=1S/C66H118O6/c1-4-7-10-13-16-19-22-25-28-30-32-34-35-38-41-44-47-50-53-56-59-65(68)71-62-63(61-70-64(67)58-55-52-49-46-43-40-37-27-24-21-18-15-12-9-6-3)72-66(69)60-57-54-51-48-45-42-39-36-33-31-29-26-23-20-17-14-11-8-5-2/h17-18,20-21,26-27,29,33,36-37,63H,4-16,19,22-25,28,30-32,34-35,38-62H2,1-3H3/b20-17-,21-18-,29-26-,36-33-,37-27-. The van der Waals surface area contributed by atoms with Crippen molar-refractivity contribution in [2.45, 2.75) is 329 Å². The molecule has 418 valence electrons. The Balaban J connectivity index is 4.37. The molecule has 0 aromatic rings. The number of esters is 3. The Labute approximate surface area is 447 Å². The summed E-state index contributed by atoms with van der Waals surface area (Å²) in [6.45, 7) is 6.61. The molecule has 1 atom stereocenters. The molecule has 0 fully saturated rings. The van der Waals surface area contributed by atoms with Crippen LogP contribution in [0.1, 0.15) is 323 Å². The third kappa shape index (κ3) is 58.0. The van der Waals surface area contributed by atoms with Crippen LogP contribution in [0.5, 0.6) is 0 Å². The Hall–Kier alpha value is -2.89. The second-order valence-corrected chi connectivity index (χ2v) is 21.0. The summed E-state index contributed by atoms with van der Waals surface area (Å²) in [6.07, 6.45) is 76.4. The van der Waals surface area contributed by atoms with Crippen molar-refractivity contribution in [1.29, 1.82) is 0 Å². The first-order valence-electron chi connectivity index (χ1n) is 31.3. The van der Waals surface area contributed by atoms with Crippen molar-refractivity contribution in [3.63, 3.8) is 0 Å². The lowest BCUT2D eigenvalue weighted by atomic mass is 10.0. The molecule has 0 aliphatic heterocycles. The van der Waals surface area contributed by atoms with E-state index in [4.69, 9.17) is 14.2 Å². The van der Waals surface area contributed by atoms with Gasteiger partial charge in [0.1, 0.15) is 13.2 Å². The van der Waals surface area contributed by atoms with Crippen LogP contribution in [0.2, 0.25) is 0 Å². The van der Waals surface area contributed by atoms with Crippen LogP contribution in [0.15, 0.2) is 60.8 Å². The van der Waals surface area contributed by atoms with Gasteiger partial charge in [-0.2, -0.15) is 0 Å². The van der Waals surface area contributed by atoms with Crippen LogP contribution in [-0.4, -0.2) is 37.2 Å². The second-order valence-electron chi connectivity index (χ2n) is 21.0. The minimum atomic E-state index is -0.786. The number of allylic oxidation sites excluding steroid dienone is 10. The Kier molecular flexibility index (Phi) is 58.2. The fourth-order valence-corrected chi connectivity index (χ4v) is 9.01. The molecule has 0 saturated carbocycles. The average Bonchev–Trinajstić information content (AvgIpc) is 3.38. The monoisotopic (exact) mass is 1010 g/mol. The number of unbranched alkanes of at least 4 members (excludes halogenated alkanes) is 36. The SMILES string of the molecule is CCCCC/C=C\C/C=C\C/C=C\CCCCCCCCC(=O)OC(COC(=O)CCCCCCC/C=C\C/C=C\CCCCC)COC(=O)CCCCCCCCCCCCCCCCCCCCCC. The number of rotatable bonds is 57. The quantitative estimate of drug-likeness (QED) is 0.0261. The van der Waals surface area contributed by atoms with Gasteiger partial charge in [-0.15, -0.1) is 0 Å². The van der Waals surface area contributed by atoms with Crippen molar-refractivity contribution in [3.8, 4) is 0 Å². The van der Waals surface area contributed by atoms with Crippen molar-refractivity contribution < 1.29 is 28.6 Å². The molecule has 6 nitrogen and oxygen atoms in total. The van der Waals surface area contributed by atoms with Crippen molar-refractivity contribution >= 4 is 17.9 Å². The molecule has 0 rings (SSSR count). The van der Waals surface area contributed by atoms with Crippen molar-refractivity contribution in [2.75, 3.05) is 13.2 Å². The van der Waals surface area contributed by atoms with E-state index in [0.29, 0.717) is 19.3 Å². The molecule has 6 heteroatoms. The van der Waals surface area contributed by atoms with E-state index in [1.54, 1.807) is 0 Å². The molecule has 0 spiro atoms. The summed E-state index contributed by atoms with van der Waals surface area (Å²) in [5.41, 5.74) is 0. The fourth-order valence-electron chi connectivity index (χ4n) is 9.01. The lowest BCUT2D eigenvalue weighted by molar-refractivity contribution is -0.167. The molecule has 0 N–H and O–H groups in total. The molecule has 0 saturated heterocycles. The highest BCUT2D eigenvalue weighted by atomic mass is 16.6. The van der Waals surface area contributed by atoms with E-state index >= 15 is 0 Å². The zero-order valence-corrected chi connectivity index (χ0v) is 47.9. The van der Waals surface area contributed by atoms with Gasteiger partial charge in [-0.1, -0.05) is 274 Å². The topological polar surface area (TPSA) is 78.9 Å². The van der Waals surface area contributed by atoms with Crippen LogP contribution in [-0.2, 0) is 28.6 Å². The first-order chi connectivity index (χ1) is 35.5. The molecular weight excluding hydrogens is 889 g/mol. The molecule has 0 radical (unpaired) electrons. The van der Waals surface area contributed by atoms with Gasteiger partial charge in [0, 0.05) is 19.3 Å². The highest BCUT2D eigenvalue weighted by Crippen LogP contribution is 2.17. The van der Waals surface area contributed by atoms with E-state index in [9.17, 15) is 14.4 Å². The minimum absolute atomic E-state index is 0.0813. The molecule has 0 heterocycles. The first-order valence-corrected chi connectivity index (χ1v) is 31.3. The maximum absolute atomic E-state index is 12.9. The van der Waals surface area contributed by atoms with Gasteiger partial charge in [0.05, 0.1) is 0 Å². The average molecular weight is 1010 g/mol. The van der Waals surface area contributed by atoms with Crippen LogP contribution in [0.4, 0.5) is 0 Å². The van der Waals surface area contributed by atoms with E-state index in [-0.39, 0.29) is 31.1 Å². The highest BCUT2D eigenvalue weighted by Gasteiger charge is 2.19. The Morgan fingerprint density at radius 3 is 0.806 bits per heavy atom. The summed E-state index contributed by atoms with van der Waals surface area (Å²) in [6, 6.07) is 0. The van der Waals surface area contributed by atoms with Crippen LogP contribution in [0, 0.1) is 0 Å². The van der Waals surface area contributed by atoms with Crippen LogP contribution < -0.4 is 0 Å². The molecule has 0 aromatic heterocycles. The van der Waals surface area contributed by atoms with Crippen LogP contribution >= 0.6 is 0 Å². The number of ether oxygens (including phenoxy) is 3. The Bertz CT molecular complexity index is 1290. The van der Waals surface area contributed by atoms with Gasteiger partial charge in [-0.25, -0.2) is 0 Å². The van der Waals surface area contributed by atoms with Gasteiger partial charge >= 0.3 is 17.9 Å². The van der Waals surface area contributed by atoms with Gasteiger partial charge < -0.3 is 14.2 Å². The smallest absolute Gasteiger partial charge is 0.306 e. The molecule has 1 unspecified atom stereocenters. The summed E-state index contributed by atoms with van der Waals surface area (Å²) in [5.74, 6) is -0.892. The summed E-state index contributed by atoms with van der Waals surface area (Å²) >= 11 is 0. The van der Waals surface area contributed by atoms with Crippen LogP contribution in [0.25, 0.3) is 0 Å². The van der Waals surface area contributed by atoms with Gasteiger partial charge in [-0.05, 0) is 89.9 Å². The fraction of sp³-hybridized carbons (Fsp3) is 0.803. The maximum atomic E-state index is 12.9. The summed E-state index contributed by atoms with van der Waals surface area (Å²) in [7, 11) is 0. The van der Waals surface area contributed by atoms with E-state index in [1.807, 2.05) is 0 Å². The van der Waals surface area contributed by atoms with Crippen LogP contribution in [0.3, 0.4) is 0 Å². The Morgan fingerprint density at radius 1 is 0.278 bits per heavy atom. The normalized spacial score (nSPS) is 12.4. The highest BCUT2D eigenvalue weighted by molar-refractivity contribution is 5.71. The zero-order chi connectivity index (χ0) is 52.2. The number of carbonyl (C=O) groups is 3. The second kappa shape index (κ2) is 60.7. The Morgan fingerprint density at radius 2 is 0.500 bits per heavy atom. The summed E-state index contributed by atoms with van der Waals surface area (Å²) in [4.78, 5) is 38.3. The minimum Gasteiger partial charge on any atom is -0.462 e. The summed E-state index contributed by atoms with van der Waals surface area (Å²) in [5, 5.41) is 0. The van der Waals surface area contributed by atoms with Crippen molar-refractivity contribution in [3.05, 3.63) is 60.8 Å². The lowest BCUT2D eigenvalue weighted by Crippen LogP contribution is -2.30. The maximum Gasteiger partial charge on any atom is 0.306 e. The van der Waals surface area contributed by atoms with Gasteiger partial charge in [0.2, 0.25) is 0 Å². The lowest BCUT2D eigenvalue weighted by Gasteiger charge is -2.18. The third-order valence-corrected chi connectivity index (χ3v) is 13.7. The number of hydrogen-bond acceptors (Lipinski definition) is 6. The molecule has 0 aliphatic rings. The predicted octanol–water partition coefficient (Wildman–Crippen LogP) is 21.2. The molecule has 0 aliphatic carbocycles. The number of carbonyl (C=O) groups excluding carboxylic acids is 3. The van der Waals surface area contributed by atoms with Gasteiger partial charge in [0.25, 0.3) is 0 Å².